The van der Waals surface area contributed by atoms with E-state index in [0.29, 0.717) is 9.87 Å². The van der Waals surface area contributed by atoms with Crippen LogP contribution >= 0.6 is 0 Å². The van der Waals surface area contributed by atoms with Gasteiger partial charge in [-0.1, -0.05) is 6.07 Å². The number of halogens is 2. The highest BCUT2D eigenvalue weighted by molar-refractivity contribution is 7.89. The van der Waals surface area contributed by atoms with Gasteiger partial charge in [0.05, 0.1) is 13.7 Å². The van der Waals surface area contributed by atoms with Crippen molar-refractivity contribution in [2.75, 3.05) is 20.2 Å². The summed E-state index contributed by atoms with van der Waals surface area (Å²) in [5, 5.41) is 8.83. The van der Waals surface area contributed by atoms with E-state index in [1.54, 1.807) is 13.0 Å². The second-order valence-corrected chi connectivity index (χ2v) is 7.34. The summed E-state index contributed by atoms with van der Waals surface area (Å²) in [4.78, 5) is 10.7. The average molecular weight is 349 g/mol. The first-order chi connectivity index (χ1) is 10.6. The molecule has 1 aliphatic heterocycles. The van der Waals surface area contributed by atoms with E-state index in [-0.39, 0.29) is 17.2 Å². The number of ether oxygens (including phenoxy) is 1. The molecule has 1 N–H and O–H groups in total. The summed E-state index contributed by atoms with van der Waals surface area (Å²) in [6.07, 6.45) is -0.449. The van der Waals surface area contributed by atoms with Crippen molar-refractivity contribution < 1.29 is 31.8 Å². The molecule has 1 aromatic rings. The van der Waals surface area contributed by atoms with Crippen LogP contribution in [-0.4, -0.2) is 49.9 Å². The molecule has 0 amide bonds. The number of hydrogen-bond donors (Lipinski definition) is 1. The van der Waals surface area contributed by atoms with Crippen LogP contribution in [0.3, 0.4) is 0 Å². The number of carboxylic acid groups (broad SMARTS) is 1. The van der Waals surface area contributed by atoms with E-state index in [0.717, 1.165) is 0 Å². The Bertz CT molecular complexity index is 720. The van der Waals surface area contributed by atoms with Crippen molar-refractivity contribution in [1.29, 1.82) is 0 Å². The van der Waals surface area contributed by atoms with E-state index in [9.17, 15) is 22.0 Å². The van der Waals surface area contributed by atoms with Crippen LogP contribution in [0, 0.1) is 12.8 Å². The molecular weight excluding hydrogens is 332 g/mol. The van der Waals surface area contributed by atoms with Gasteiger partial charge in [0.2, 0.25) is 10.0 Å². The first-order valence-electron chi connectivity index (χ1n) is 6.85. The number of alkyl halides is 2. The van der Waals surface area contributed by atoms with Crippen LogP contribution in [0.15, 0.2) is 23.1 Å². The molecule has 1 unspecified atom stereocenters. The fourth-order valence-electron chi connectivity index (χ4n) is 2.54. The summed E-state index contributed by atoms with van der Waals surface area (Å²) >= 11 is 0. The first kappa shape index (κ1) is 17.6. The maximum Gasteiger partial charge on any atom is 0.312 e. The number of aliphatic carboxylic acids is 1. The Morgan fingerprint density at radius 2 is 2.09 bits per heavy atom. The predicted molar refractivity (Wildman–Crippen MR) is 77.2 cm³/mol. The molecule has 128 valence electrons. The van der Waals surface area contributed by atoms with Crippen LogP contribution in [0.2, 0.25) is 0 Å². The van der Waals surface area contributed by atoms with Crippen LogP contribution in [0.1, 0.15) is 12.0 Å². The van der Waals surface area contributed by atoms with E-state index in [4.69, 9.17) is 9.84 Å². The normalized spacial score (nSPS) is 21.8. The van der Waals surface area contributed by atoms with Gasteiger partial charge in [0.25, 0.3) is 5.92 Å². The maximum atomic E-state index is 14.0. The fraction of sp³-hybridized carbons (Fsp3) is 0.500. The molecule has 0 radical (unpaired) electrons. The Hall–Kier alpha value is -1.74. The van der Waals surface area contributed by atoms with Gasteiger partial charge in [0, 0.05) is 6.54 Å². The smallest absolute Gasteiger partial charge is 0.312 e. The van der Waals surface area contributed by atoms with Crippen molar-refractivity contribution >= 4 is 16.0 Å². The highest BCUT2D eigenvalue weighted by Crippen LogP contribution is 2.37. The van der Waals surface area contributed by atoms with E-state index in [1.165, 1.54) is 19.2 Å². The van der Waals surface area contributed by atoms with Gasteiger partial charge in [0.1, 0.15) is 16.6 Å². The molecule has 1 aliphatic rings. The first-order valence-corrected chi connectivity index (χ1v) is 8.29. The molecule has 0 spiro atoms. The zero-order valence-corrected chi connectivity index (χ0v) is 13.4. The van der Waals surface area contributed by atoms with Crippen molar-refractivity contribution in [3.63, 3.8) is 0 Å². The minimum atomic E-state index is -4.21. The van der Waals surface area contributed by atoms with Gasteiger partial charge in [0.15, 0.2) is 0 Å². The zero-order valence-electron chi connectivity index (χ0n) is 12.6. The molecule has 1 aromatic carbocycles. The van der Waals surface area contributed by atoms with Crippen molar-refractivity contribution in [3.8, 4) is 5.75 Å². The number of carbonyl (C=O) groups is 1. The number of nitrogens with zero attached hydrogens (tertiary/aromatic N) is 1. The Morgan fingerprint density at radius 1 is 1.43 bits per heavy atom. The molecule has 0 aliphatic carbocycles. The van der Waals surface area contributed by atoms with Crippen molar-refractivity contribution in [3.05, 3.63) is 23.8 Å². The number of benzene rings is 1. The summed E-state index contributed by atoms with van der Waals surface area (Å²) < 4.78 is 58.8. The second kappa shape index (κ2) is 6.04. The molecule has 0 aromatic heterocycles. The largest absolute Gasteiger partial charge is 0.495 e. The summed E-state index contributed by atoms with van der Waals surface area (Å²) in [6, 6.07) is 4.43. The molecular formula is C14H17F2NO5S. The van der Waals surface area contributed by atoms with Crippen molar-refractivity contribution in [2.24, 2.45) is 5.92 Å². The molecule has 23 heavy (non-hydrogen) atoms. The topological polar surface area (TPSA) is 83.9 Å². The lowest BCUT2D eigenvalue weighted by Gasteiger charge is -2.35. The molecule has 1 saturated heterocycles. The Balaban J connectivity index is 2.39. The number of aryl methyl sites for hydroxylation is 1. The zero-order chi connectivity index (χ0) is 17.4. The predicted octanol–water partition coefficient (Wildman–Crippen LogP) is 1.73. The minimum absolute atomic E-state index is 0.0549. The number of hydrogen-bond acceptors (Lipinski definition) is 4. The molecule has 1 heterocycles. The minimum Gasteiger partial charge on any atom is -0.495 e. The Morgan fingerprint density at radius 3 is 2.61 bits per heavy atom. The number of sulfonamides is 1. The Labute approximate surface area is 132 Å². The number of methoxy groups -OCH3 is 1. The van der Waals surface area contributed by atoms with Crippen LogP contribution in [0.4, 0.5) is 8.78 Å². The quantitative estimate of drug-likeness (QED) is 0.895. The second-order valence-electron chi connectivity index (χ2n) is 5.43. The molecule has 0 saturated carbocycles. The highest BCUT2D eigenvalue weighted by atomic mass is 32.2. The summed E-state index contributed by atoms with van der Waals surface area (Å²) in [7, 11) is -2.93. The van der Waals surface area contributed by atoms with Crippen molar-refractivity contribution in [1.82, 2.24) is 4.31 Å². The van der Waals surface area contributed by atoms with Crippen LogP contribution < -0.4 is 4.74 Å². The SMILES string of the molecule is COc1ccc(C)cc1S(=O)(=O)N1CCC(C(=O)O)C(F)(F)C1. The van der Waals surface area contributed by atoms with Gasteiger partial charge in [-0.25, -0.2) is 17.2 Å². The summed E-state index contributed by atoms with van der Waals surface area (Å²) in [5.74, 6) is -7.08. The molecule has 2 rings (SSSR count). The van der Waals surface area contributed by atoms with Crippen molar-refractivity contribution in [2.45, 2.75) is 24.2 Å². The summed E-state index contributed by atoms with van der Waals surface area (Å²) in [5.41, 5.74) is 0.636. The van der Waals surface area contributed by atoms with Gasteiger partial charge in [-0.3, -0.25) is 4.79 Å². The molecule has 9 heteroatoms. The standard InChI is InChI=1S/C14H17F2NO5S/c1-9-3-4-11(22-2)12(7-9)23(20,21)17-6-5-10(13(18)19)14(15,16)8-17/h3-4,7,10H,5-6,8H2,1-2H3,(H,18,19). The third-order valence-corrected chi connectivity index (χ3v) is 5.67. The van der Waals surface area contributed by atoms with E-state index in [2.05, 4.69) is 0 Å². The van der Waals surface area contributed by atoms with Crippen LogP contribution in [0.5, 0.6) is 5.75 Å². The Kier molecular flexibility index (Phi) is 4.63. The molecule has 1 fully saturated rings. The maximum absolute atomic E-state index is 14.0. The number of piperidine rings is 1. The van der Waals surface area contributed by atoms with E-state index >= 15 is 0 Å². The van der Waals surface area contributed by atoms with Gasteiger partial charge in [-0.2, -0.15) is 4.31 Å². The number of carboxylic acids is 1. The third-order valence-electron chi connectivity index (χ3n) is 3.80. The lowest BCUT2D eigenvalue weighted by atomic mass is 9.94. The third kappa shape index (κ3) is 3.30. The summed E-state index contributed by atoms with van der Waals surface area (Å²) in [6.45, 7) is 0.221. The van der Waals surface area contributed by atoms with Crippen LogP contribution in [-0.2, 0) is 14.8 Å². The monoisotopic (exact) mass is 349 g/mol. The number of rotatable bonds is 4. The average Bonchev–Trinajstić information content (AvgIpc) is 2.45. The van der Waals surface area contributed by atoms with Crippen LogP contribution in [0.25, 0.3) is 0 Å². The fourth-order valence-corrected chi connectivity index (χ4v) is 4.25. The van der Waals surface area contributed by atoms with Gasteiger partial charge >= 0.3 is 5.97 Å². The van der Waals surface area contributed by atoms with Gasteiger partial charge in [-0.05, 0) is 31.0 Å². The van der Waals surface area contributed by atoms with Gasteiger partial charge < -0.3 is 9.84 Å². The molecule has 0 bridgehead atoms. The molecule has 1 atom stereocenters. The van der Waals surface area contributed by atoms with E-state index < -0.39 is 40.8 Å². The molecule has 6 nitrogen and oxygen atoms in total. The lowest BCUT2D eigenvalue weighted by Crippen LogP contribution is -2.52. The van der Waals surface area contributed by atoms with E-state index in [1.807, 2.05) is 0 Å². The highest BCUT2D eigenvalue weighted by Gasteiger charge is 2.51. The lowest BCUT2D eigenvalue weighted by molar-refractivity contribution is -0.163. The van der Waals surface area contributed by atoms with Gasteiger partial charge in [-0.15, -0.1) is 0 Å².